The monoisotopic (exact) mass is 347 g/mol. The molecule has 0 fully saturated rings. The number of carbonyl (C=O) groups excluding carboxylic acids is 2. The van der Waals surface area contributed by atoms with Crippen molar-refractivity contribution < 1.29 is 14.3 Å². The minimum Gasteiger partial charge on any atom is -0.385 e. The molecule has 0 unspecified atom stereocenters. The number of aromatic nitrogens is 1. The third kappa shape index (κ3) is 4.87. The van der Waals surface area contributed by atoms with E-state index in [9.17, 15) is 9.59 Å². The van der Waals surface area contributed by atoms with Crippen molar-refractivity contribution in [1.82, 2.24) is 10.3 Å². The molecule has 0 saturated carbocycles. The number of rotatable bonds is 7. The van der Waals surface area contributed by atoms with Gasteiger partial charge in [0.25, 0.3) is 5.91 Å². The summed E-state index contributed by atoms with van der Waals surface area (Å²) in [6, 6.07) is 7.39. The van der Waals surface area contributed by atoms with Crippen LogP contribution in [0.1, 0.15) is 28.7 Å². The Kier molecular flexibility index (Phi) is 6.45. The van der Waals surface area contributed by atoms with Gasteiger partial charge in [-0.1, -0.05) is 0 Å². The number of anilines is 1. The first kappa shape index (κ1) is 18.1. The van der Waals surface area contributed by atoms with Crippen molar-refractivity contribution >= 4 is 28.8 Å². The molecule has 2 amide bonds. The molecule has 2 rings (SSSR count). The van der Waals surface area contributed by atoms with E-state index in [0.29, 0.717) is 18.8 Å². The van der Waals surface area contributed by atoms with Crippen molar-refractivity contribution in [2.24, 2.45) is 0 Å². The van der Waals surface area contributed by atoms with Gasteiger partial charge in [-0.15, -0.1) is 11.3 Å². The van der Waals surface area contributed by atoms with E-state index in [-0.39, 0.29) is 11.8 Å². The summed E-state index contributed by atoms with van der Waals surface area (Å²) in [5.41, 5.74) is 2.10. The first-order valence-corrected chi connectivity index (χ1v) is 8.45. The molecule has 2 aromatic rings. The maximum Gasteiger partial charge on any atom is 0.271 e. The molecule has 0 aliphatic rings. The molecule has 1 aromatic carbocycles. The summed E-state index contributed by atoms with van der Waals surface area (Å²) in [7, 11) is 1.63. The molecule has 0 aliphatic carbocycles. The van der Waals surface area contributed by atoms with E-state index < -0.39 is 0 Å². The summed E-state index contributed by atoms with van der Waals surface area (Å²) in [4.78, 5) is 28.6. The van der Waals surface area contributed by atoms with Crippen LogP contribution in [-0.4, -0.2) is 37.1 Å². The van der Waals surface area contributed by atoms with E-state index in [2.05, 4.69) is 15.6 Å². The van der Waals surface area contributed by atoms with Crippen LogP contribution in [-0.2, 0) is 9.53 Å². The fourth-order valence-electron chi connectivity index (χ4n) is 2.13. The van der Waals surface area contributed by atoms with Gasteiger partial charge in [0.05, 0.1) is 0 Å². The van der Waals surface area contributed by atoms with Crippen LogP contribution < -0.4 is 10.6 Å². The lowest BCUT2D eigenvalue weighted by atomic mass is 10.2. The lowest BCUT2D eigenvalue weighted by Crippen LogP contribution is -2.26. The van der Waals surface area contributed by atoms with Gasteiger partial charge in [0.2, 0.25) is 5.91 Å². The van der Waals surface area contributed by atoms with Crippen LogP contribution in [0.3, 0.4) is 0 Å². The standard InChI is InChI=1S/C17H21N3O3S/c1-11-15(16(22)18-9-4-10-23-3)20-17(24-11)13-5-7-14(8-6-13)19-12(2)21/h5-8H,4,9-10H2,1-3H3,(H,18,22)(H,19,21). The zero-order valence-corrected chi connectivity index (χ0v) is 14.8. The summed E-state index contributed by atoms with van der Waals surface area (Å²) in [6.45, 7) is 4.53. The highest BCUT2D eigenvalue weighted by Gasteiger charge is 2.16. The third-order valence-corrected chi connectivity index (χ3v) is 4.29. The highest BCUT2D eigenvalue weighted by atomic mass is 32.1. The Morgan fingerprint density at radius 1 is 1.25 bits per heavy atom. The maximum atomic E-state index is 12.2. The van der Waals surface area contributed by atoms with Crippen molar-refractivity contribution in [3.8, 4) is 10.6 Å². The van der Waals surface area contributed by atoms with Crippen LogP contribution in [0.15, 0.2) is 24.3 Å². The second kappa shape index (κ2) is 8.56. The molecular formula is C17H21N3O3S. The number of methoxy groups -OCH3 is 1. The minimum absolute atomic E-state index is 0.111. The van der Waals surface area contributed by atoms with Gasteiger partial charge in [-0.25, -0.2) is 4.98 Å². The molecule has 0 atom stereocenters. The van der Waals surface area contributed by atoms with Gasteiger partial charge in [-0.2, -0.15) is 0 Å². The highest BCUT2D eigenvalue weighted by Crippen LogP contribution is 2.28. The van der Waals surface area contributed by atoms with Crippen LogP contribution in [0.4, 0.5) is 5.69 Å². The molecule has 1 aromatic heterocycles. The Hall–Kier alpha value is -2.25. The molecule has 128 valence electrons. The van der Waals surface area contributed by atoms with Gasteiger partial charge in [-0.3, -0.25) is 9.59 Å². The highest BCUT2D eigenvalue weighted by molar-refractivity contribution is 7.15. The SMILES string of the molecule is COCCCNC(=O)c1nc(-c2ccc(NC(C)=O)cc2)sc1C. The zero-order valence-electron chi connectivity index (χ0n) is 14.0. The van der Waals surface area contributed by atoms with Crippen molar-refractivity contribution in [3.63, 3.8) is 0 Å². The van der Waals surface area contributed by atoms with E-state index >= 15 is 0 Å². The van der Waals surface area contributed by atoms with Crippen LogP contribution in [0.25, 0.3) is 10.6 Å². The van der Waals surface area contributed by atoms with Gasteiger partial charge < -0.3 is 15.4 Å². The lowest BCUT2D eigenvalue weighted by Gasteiger charge is -2.03. The first-order valence-electron chi connectivity index (χ1n) is 7.64. The Labute approximate surface area is 145 Å². The number of carbonyl (C=O) groups is 2. The van der Waals surface area contributed by atoms with Crippen molar-refractivity contribution in [1.29, 1.82) is 0 Å². The molecule has 0 bridgehead atoms. The average Bonchev–Trinajstić information content (AvgIpc) is 2.93. The number of nitrogens with zero attached hydrogens (tertiary/aromatic N) is 1. The van der Waals surface area contributed by atoms with E-state index in [0.717, 1.165) is 27.6 Å². The summed E-state index contributed by atoms with van der Waals surface area (Å²) in [5, 5.41) is 6.35. The summed E-state index contributed by atoms with van der Waals surface area (Å²) in [5.74, 6) is -0.277. The normalized spacial score (nSPS) is 10.5. The third-order valence-electron chi connectivity index (χ3n) is 3.27. The first-order chi connectivity index (χ1) is 11.5. The molecule has 0 radical (unpaired) electrons. The number of hydrogen-bond acceptors (Lipinski definition) is 5. The number of benzene rings is 1. The fourth-order valence-corrected chi connectivity index (χ4v) is 3.05. The van der Waals surface area contributed by atoms with Crippen LogP contribution in [0.5, 0.6) is 0 Å². The molecule has 24 heavy (non-hydrogen) atoms. The van der Waals surface area contributed by atoms with Gasteiger partial charge in [-0.05, 0) is 37.6 Å². The van der Waals surface area contributed by atoms with Gasteiger partial charge in [0.1, 0.15) is 10.7 Å². The lowest BCUT2D eigenvalue weighted by molar-refractivity contribution is -0.114. The molecule has 7 heteroatoms. The number of nitrogens with one attached hydrogen (secondary N) is 2. The summed E-state index contributed by atoms with van der Waals surface area (Å²) >= 11 is 1.48. The second-order valence-electron chi connectivity index (χ2n) is 5.28. The Bertz CT molecular complexity index is 710. The van der Waals surface area contributed by atoms with E-state index in [1.165, 1.54) is 18.3 Å². The van der Waals surface area contributed by atoms with Gasteiger partial charge in [0, 0.05) is 43.3 Å². The Morgan fingerprint density at radius 2 is 1.96 bits per heavy atom. The minimum atomic E-state index is -0.166. The smallest absolute Gasteiger partial charge is 0.271 e. The Balaban J connectivity index is 2.07. The van der Waals surface area contributed by atoms with Crippen LogP contribution >= 0.6 is 11.3 Å². The molecule has 1 heterocycles. The average molecular weight is 347 g/mol. The number of aryl methyl sites for hydroxylation is 1. The fraction of sp³-hybridized carbons (Fsp3) is 0.353. The van der Waals surface area contributed by atoms with Crippen molar-refractivity contribution in [2.45, 2.75) is 20.3 Å². The molecule has 0 spiro atoms. The molecule has 2 N–H and O–H groups in total. The van der Waals surface area contributed by atoms with Gasteiger partial charge in [0.15, 0.2) is 0 Å². The summed E-state index contributed by atoms with van der Waals surface area (Å²) in [6.07, 6.45) is 0.767. The zero-order chi connectivity index (χ0) is 17.5. The quantitative estimate of drug-likeness (QED) is 0.755. The van der Waals surface area contributed by atoms with Crippen LogP contribution in [0.2, 0.25) is 0 Å². The predicted octanol–water partition coefficient (Wildman–Crippen LogP) is 2.84. The number of ether oxygens (including phenoxy) is 1. The largest absolute Gasteiger partial charge is 0.385 e. The van der Waals surface area contributed by atoms with Crippen molar-refractivity contribution in [3.05, 3.63) is 34.8 Å². The predicted molar refractivity (Wildman–Crippen MR) is 95.4 cm³/mol. The second-order valence-corrected chi connectivity index (χ2v) is 6.49. The molecular weight excluding hydrogens is 326 g/mol. The number of thiazole rings is 1. The summed E-state index contributed by atoms with van der Waals surface area (Å²) < 4.78 is 4.96. The van der Waals surface area contributed by atoms with Crippen LogP contribution in [0, 0.1) is 6.92 Å². The van der Waals surface area contributed by atoms with E-state index in [4.69, 9.17) is 4.74 Å². The van der Waals surface area contributed by atoms with Crippen molar-refractivity contribution in [2.75, 3.05) is 25.6 Å². The topological polar surface area (TPSA) is 80.3 Å². The molecule has 0 saturated heterocycles. The van der Waals surface area contributed by atoms with E-state index in [1.54, 1.807) is 7.11 Å². The maximum absolute atomic E-state index is 12.2. The number of amides is 2. The van der Waals surface area contributed by atoms with Gasteiger partial charge >= 0.3 is 0 Å². The molecule has 0 aliphatic heterocycles. The Morgan fingerprint density at radius 3 is 2.58 bits per heavy atom. The molecule has 6 nitrogen and oxygen atoms in total. The number of hydrogen-bond donors (Lipinski definition) is 2. The van der Waals surface area contributed by atoms with E-state index in [1.807, 2.05) is 31.2 Å².